The summed E-state index contributed by atoms with van der Waals surface area (Å²) in [7, 11) is 1.54. The fraction of sp³-hybridized carbons (Fsp3) is 0.200. The van der Waals surface area contributed by atoms with Gasteiger partial charge < -0.3 is 4.74 Å². The molecule has 0 aliphatic carbocycles. The second-order valence-electron chi connectivity index (χ2n) is 4.40. The lowest BCUT2D eigenvalue weighted by atomic mass is 10.0. The molecular weight excluding hydrogens is 366 g/mol. The van der Waals surface area contributed by atoms with E-state index < -0.39 is 5.38 Å². The van der Waals surface area contributed by atoms with E-state index in [9.17, 15) is 4.39 Å². The summed E-state index contributed by atoms with van der Waals surface area (Å²) in [6, 6.07) is 8.23. The lowest BCUT2D eigenvalue weighted by Crippen LogP contribution is -2.01. The van der Waals surface area contributed by atoms with Crippen LogP contribution in [-0.4, -0.2) is 7.11 Å². The van der Waals surface area contributed by atoms with E-state index in [0.29, 0.717) is 26.4 Å². The highest BCUT2D eigenvalue weighted by Gasteiger charge is 2.21. The van der Waals surface area contributed by atoms with Gasteiger partial charge in [-0.2, -0.15) is 0 Å². The summed E-state index contributed by atoms with van der Waals surface area (Å²) in [6.45, 7) is 1.89. The number of alkyl halides is 1. The molecule has 2 aromatic carbocycles. The minimum Gasteiger partial charge on any atom is -0.495 e. The number of halogens is 4. The standard InChI is InChI=1S/C15H12BrCl2FO/c1-8-3-4-13(19)10(5-8)14(18)11-6-9(17)7-12(16)15(11)20-2/h3-7,14H,1-2H3. The SMILES string of the molecule is COc1c(Br)cc(Cl)cc1C(Cl)c1cc(C)ccc1F. The molecule has 0 fully saturated rings. The molecule has 0 spiro atoms. The molecule has 2 aromatic rings. The zero-order valence-electron chi connectivity index (χ0n) is 10.9. The predicted molar refractivity (Wildman–Crippen MR) is 84.5 cm³/mol. The molecule has 0 bridgehead atoms. The van der Waals surface area contributed by atoms with Crippen molar-refractivity contribution in [3.8, 4) is 5.75 Å². The summed E-state index contributed by atoms with van der Waals surface area (Å²) >= 11 is 15.9. The number of aryl methyl sites for hydroxylation is 1. The Labute approximate surface area is 135 Å². The molecular formula is C15H12BrCl2FO. The summed E-state index contributed by atoms with van der Waals surface area (Å²) in [5.74, 6) is 0.198. The van der Waals surface area contributed by atoms with Crippen LogP contribution in [0, 0.1) is 12.7 Å². The van der Waals surface area contributed by atoms with Crippen LogP contribution in [-0.2, 0) is 0 Å². The zero-order chi connectivity index (χ0) is 14.9. The van der Waals surface area contributed by atoms with E-state index >= 15 is 0 Å². The minimum atomic E-state index is -0.681. The van der Waals surface area contributed by atoms with Gasteiger partial charge in [0, 0.05) is 16.1 Å². The second kappa shape index (κ2) is 6.33. The number of rotatable bonds is 3. The van der Waals surface area contributed by atoms with Crippen molar-refractivity contribution in [1.29, 1.82) is 0 Å². The first-order valence-corrected chi connectivity index (χ1v) is 7.48. The van der Waals surface area contributed by atoms with Crippen LogP contribution in [0.1, 0.15) is 22.1 Å². The Morgan fingerprint density at radius 3 is 2.55 bits per heavy atom. The van der Waals surface area contributed by atoms with Gasteiger partial charge in [0.1, 0.15) is 11.6 Å². The maximum Gasteiger partial charge on any atom is 0.138 e. The fourth-order valence-corrected chi connectivity index (χ4v) is 3.33. The third-order valence-electron chi connectivity index (χ3n) is 2.94. The average molecular weight is 378 g/mol. The van der Waals surface area contributed by atoms with Gasteiger partial charge in [-0.3, -0.25) is 0 Å². The van der Waals surface area contributed by atoms with E-state index in [2.05, 4.69) is 15.9 Å². The molecule has 1 unspecified atom stereocenters. The van der Waals surface area contributed by atoms with Crippen LogP contribution in [0.25, 0.3) is 0 Å². The third-order valence-corrected chi connectivity index (χ3v) is 4.22. The number of hydrogen-bond donors (Lipinski definition) is 0. The highest BCUT2D eigenvalue weighted by molar-refractivity contribution is 9.10. The van der Waals surface area contributed by atoms with Gasteiger partial charge in [-0.15, -0.1) is 11.6 Å². The van der Waals surface area contributed by atoms with Crippen LogP contribution in [0.5, 0.6) is 5.75 Å². The molecule has 1 nitrogen and oxygen atoms in total. The van der Waals surface area contributed by atoms with E-state index in [4.69, 9.17) is 27.9 Å². The van der Waals surface area contributed by atoms with Crippen molar-refractivity contribution >= 4 is 39.1 Å². The molecule has 0 saturated heterocycles. The Balaban J connectivity index is 2.58. The summed E-state index contributed by atoms with van der Waals surface area (Å²) in [6.07, 6.45) is 0. The normalized spacial score (nSPS) is 12.3. The van der Waals surface area contributed by atoms with Gasteiger partial charge in [-0.25, -0.2) is 4.39 Å². The lowest BCUT2D eigenvalue weighted by molar-refractivity contribution is 0.407. The highest BCUT2D eigenvalue weighted by Crippen LogP contribution is 2.41. The summed E-state index contributed by atoms with van der Waals surface area (Å²) < 4.78 is 20.0. The first kappa shape index (κ1) is 15.6. The number of ether oxygens (including phenoxy) is 1. The third kappa shape index (κ3) is 3.11. The van der Waals surface area contributed by atoms with Crippen molar-refractivity contribution in [2.45, 2.75) is 12.3 Å². The molecule has 0 aliphatic heterocycles. The maximum absolute atomic E-state index is 14.0. The molecule has 0 heterocycles. The van der Waals surface area contributed by atoms with E-state index in [-0.39, 0.29) is 5.82 Å². The van der Waals surface area contributed by atoms with E-state index in [0.717, 1.165) is 5.56 Å². The highest BCUT2D eigenvalue weighted by atomic mass is 79.9. The van der Waals surface area contributed by atoms with E-state index in [1.807, 2.05) is 6.92 Å². The van der Waals surface area contributed by atoms with Gasteiger partial charge in [-0.1, -0.05) is 29.3 Å². The van der Waals surface area contributed by atoms with Gasteiger partial charge in [0.25, 0.3) is 0 Å². The van der Waals surface area contributed by atoms with Crippen LogP contribution >= 0.6 is 39.1 Å². The smallest absolute Gasteiger partial charge is 0.138 e. The number of benzene rings is 2. The Morgan fingerprint density at radius 1 is 1.20 bits per heavy atom. The zero-order valence-corrected chi connectivity index (χ0v) is 14.0. The number of methoxy groups -OCH3 is 1. The van der Waals surface area contributed by atoms with Crippen LogP contribution in [0.3, 0.4) is 0 Å². The molecule has 20 heavy (non-hydrogen) atoms. The summed E-state index contributed by atoms with van der Waals surface area (Å²) in [5.41, 5.74) is 1.96. The topological polar surface area (TPSA) is 9.23 Å². The first-order valence-electron chi connectivity index (χ1n) is 5.87. The Hall–Kier alpha value is -0.770. The van der Waals surface area contributed by atoms with E-state index in [1.54, 1.807) is 24.3 Å². The van der Waals surface area contributed by atoms with Crippen LogP contribution in [0.15, 0.2) is 34.8 Å². The fourth-order valence-electron chi connectivity index (χ4n) is 2.01. The van der Waals surface area contributed by atoms with Crippen molar-refractivity contribution < 1.29 is 9.13 Å². The van der Waals surface area contributed by atoms with E-state index in [1.165, 1.54) is 13.2 Å². The maximum atomic E-state index is 14.0. The van der Waals surface area contributed by atoms with Gasteiger partial charge >= 0.3 is 0 Å². The minimum absolute atomic E-state index is 0.353. The van der Waals surface area contributed by atoms with Crippen molar-refractivity contribution in [3.05, 3.63) is 62.3 Å². The van der Waals surface area contributed by atoms with Crippen molar-refractivity contribution in [2.75, 3.05) is 7.11 Å². The van der Waals surface area contributed by atoms with Gasteiger partial charge in [0.05, 0.1) is 17.0 Å². The molecule has 0 N–H and O–H groups in total. The second-order valence-corrected chi connectivity index (χ2v) is 6.12. The van der Waals surface area contributed by atoms with Crippen molar-refractivity contribution in [1.82, 2.24) is 0 Å². The average Bonchev–Trinajstić information content (AvgIpc) is 2.40. The van der Waals surface area contributed by atoms with Crippen LogP contribution in [0.2, 0.25) is 5.02 Å². The van der Waals surface area contributed by atoms with Crippen molar-refractivity contribution in [3.63, 3.8) is 0 Å². The van der Waals surface area contributed by atoms with Crippen molar-refractivity contribution in [2.24, 2.45) is 0 Å². The Morgan fingerprint density at radius 2 is 1.90 bits per heavy atom. The molecule has 0 aliphatic rings. The van der Waals surface area contributed by atoms with Crippen LogP contribution < -0.4 is 4.74 Å². The summed E-state index contributed by atoms with van der Waals surface area (Å²) in [4.78, 5) is 0. The Kier molecular flexibility index (Phi) is 4.95. The molecule has 1 atom stereocenters. The molecule has 0 radical (unpaired) electrons. The summed E-state index contributed by atoms with van der Waals surface area (Å²) in [5, 5.41) is -0.175. The molecule has 2 rings (SSSR count). The quantitative estimate of drug-likeness (QED) is 0.606. The molecule has 0 aromatic heterocycles. The van der Waals surface area contributed by atoms with Gasteiger partial charge in [0.2, 0.25) is 0 Å². The first-order chi connectivity index (χ1) is 9.43. The molecule has 106 valence electrons. The molecule has 0 saturated carbocycles. The largest absolute Gasteiger partial charge is 0.495 e. The monoisotopic (exact) mass is 376 g/mol. The van der Waals surface area contributed by atoms with Gasteiger partial charge in [-0.05, 0) is 41.1 Å². The molecule has 5 heteroatoms. The predicted octanol–water partition coefficient (Wildman–Crippen LogP) is 5.89. The Bertz CT molecular complexity index is 646. The molecule has 0 amide bonds. The number of hydrogen-bond acceptors (Lipinski definition) is 1. The van der Waals surface area contributed by atoms with Crippen LogP contribution in [0.4, 0.5) is 4.39 Å². The lowest BCUT2D eigenvalue weighted by Gasteiger charge is -2.17. The van der Waals surface area contributed by atoms with Gasteiger partial charge in [0.15, 0.2) is 0 Å².